The van der Waals surface area contributed by atoms with Crippen LogP contribution in [0.3, 0.4) is 0 Å². The molecule has 3 nitrogen and oxygen atoms in total. The monoisotopic (exact) mass is 409 g/mol. The van der Waals surface area contributed by atoms with E-state index in [9.17, 15) is 35.9 Å². The number of hydrogen-bond donors (Lipinski definition) is 1. The Balaban J connectivity index is 2.23. The predicted molar refractivity (Wildman–Crippen MR) is 86.0 cm³/mol. The van der Waals surface area contributed by atoms with Crippen LogP contribution in [-0.2, 0) is 28.5 Å². The number of hydrogen-bond acceptors (Lipinski definition) is 3. The molecule has 1 aromatic carbocycles. The quantitative estimate of drug-likeness (QED) is 0.552. The van der Waals surface area contributed by atoms with Gasteiger partial charge in [0.25, 0.3) is 0 Å². The fourth-order valence-electron chi connectivity index (χ4n) is 2.40. The molecule has 2 rings (SSSR count). The lowest BCUT2D eigenvalue weighted by Crippen LogP contribution is -2.29. The van der Waals surface area contributed by atoms with E-state index in [2.05, 4.69) is 5.32 Å². The standard InChI is InChI=1S/C17H13F6NO2S/c18-16(19,20)12-5-10(6-13(7-12)17(21,22)23)8-24-15(26)14(1-3-25)11-2-4-27-9-11/h2-7,9,14H,1,8H2,(H,24,26). The number of thiophene rings is 1. The lowest BCUT2D eigenvalue weighted by atomic mass is 9.98. The molecular formula is C17H13F6NO2S. The van der Waals surface area contributed by atoms with Crippen LogP contribution >= 0.6 is 11.3 Å². The molecule has 0 saturated heterocycles. The van der Waals surface area contributed by atoms with Gasteiger partial charge in [-0.15, -0.1) is 0 Å². The van der Waals surface area contributed by atoms with E-state index in [1.54, 1.807) is 16.8 Å². The van der Waals surface area contributed by atoms with E-state index in [4.69, 9.17) is 0 Å². The molecule has 10 heteroatoms. The van der Waals surface area contributed by atoms with E-state index in [1.807, 2.05) is 0 Å². The highest BCUT2D eigenvalue weighted by Gasteiger charge is 2.36. The second-order valence-electron chi connectivity index (χ2n) is 5.64. The molecule has 1 amide bonds. The zero-order valence-corrected chi connectivity index (χ0v) is 14.3. The molecule has 1 unspecified atom stereocenters. The van der Waals surface area contributed by atoms with Crippen molar-refractivity contribution in [2.24, 2.45) is 0 Å². The van der Waals surface area contributed by atoms with Crippen molar-refractivity contribution in [1.29, 1.82) is 0 Å². The molecular weight excluding hydrogens is 396 g/mol. The molecule has 0 aliphatic carbocycles. The maximum atomic E-state index is 12.9. The van der Waals surface area contributed by atoms with Gasteiger partial charge in [-0.3, -0.25) is 4.79 Å². The van der Waals surface area contributed by atoms with Gasteiger partial charge < -0.3 is 10.1 Å². The Morgan fingerprint density at radius 2 is 1.67 bits per heavy atom. The minimum absolute atomic E-state index is 0.0197. The van der Waals surface area contributed by atoms with Gasteiger partial charge in [0.2, 0.25) is 5.91 Å². The van der Waals surface area contributed by atoms with Gasteiger partial charge in [0.1, 0.15) is 6.29 Å². The van der Waals surface area contributed by atoms with Crippen LogP contribution in [0.2, 0.25) is 0 Å². The van der Waals surface area contributed by atoms with Crippen molar-refractivity contribution in [3.63, 3.8) is 0 Å². The highest BCUT2D eigenvalue weighted by Crippen LogP contribution is 2.36. The van der Waals surface area contributed by atoms with Crippen LogP contribution in [0, 0.1) is 0 Å². The van der Waals surface area contributed by atoms with Crippen molar-refractivity contribution >= 4 is 23.5 Å². The first-order chi connectivity index (χ1) is 12.5. The number of rotatable bonds is 6. The number of carbonyl (C=O) groups excluding carboxylic acids is 2. The molecule has 146 valence electrons. The number of halogens is 6. The molecule has 0 radical (unpaired) electrons. The highest BCUT2D eigenvalue weighted by molar-refractivity contribution is 7.08. The first-order valence-corrected chi connectivity index (χ1v) is 8.48. The minimum Gasteiger partial charge on any atom is -0.351 e. The first-order valence-electron chi connectivity index (χ1n) is 7.54. The average Bonchev–Trinajstić information content (AvgIpc) is 3.10. The Morgan fingerprint density at radius 3 is 2.11 bits per heavy atom. The van der Waals surface area contributed by atoms with Crippen LogP contribution in [0.5, 0.6) is 0 Å². The van der Waals surface area contributed by atoms with Gasteiger partial charge in [-0.05, 0) is 46.2 Å². The summed E-state index contributed by atoms with van der Waals surface area (Å²) < 4.78 is 77.1. The van der Waals surface area contributed by atoms with Crippen molar-refractivity contribution < 1.29 is 35.9 Å². The summed E-state index contributed by atoms with van der Waals surface area (Å²) in [6.07, 6.45) is -9.56. The topological polar surface area (TPSA) is 46.2 Å². The van der Waals surface area contributed by atoms with Crippen LogP contribution in [-0.4, -0.2) is 12.2 Å². The third-order valence-corrected chi connectivity index (χ3v) is 4.41. The molecule has 0 spiro atoms. The van der Waals surface area contributed by atoms with Gasteiger partial charge in [-0.1, -0.05) is 0 Å². The molecule has 1 N–H and O–H groups in total. The number of nitrogens with one attached hydrogen (secondary N) is 1. The van der Waals surface area contributed by atoms with Crippen molar-refractivity contribution in [2.75, 3.05) is 0 Å². The molecule has 0 saturated carbocycles. The van der Waals surface area contributed by atoms with Gasteiger partial charge in [0, 0.05) is 13.0 Å². The number of alkyl halides is 6. The van der Waals surface area contributed by atoms with E-state index in [0.29, 0.717) is 24.0 Å². The Labute approximate surface area is 154 Å². The normalized spacial score (nSPS) is 13.3. The zero-order chi connectivity index (χ0) is 20.2. The van der Waals surface area contributed by atoms with Crippen LogP contribution < -0.4 is 5.32 Å². The number of benzene rings is 1. The fraction of sp³-hybridized carbons (Fsp3) is 0.294. The maximum absolute atomic E-state index is 12.9. The van der Waals surface area contributed by atoms with Gasteiger partial charge in [0.05, 0.1) is 17.0 Å². The molecule has 1 aromatic heterocycles. The van der Waals surface area contributed by atoms with Gasteiger partial charge in [-0.25, -0.2) is 0 Å². The van der Waals surface area contributed by atoms with Gasteiger partial charge in [0.15, 0.2) is 0 Å². The number of amides is 1. The van der Waals surface area contributed by atoms with E-state index in [-0.39, 0.29) is 18.1 Å². The molecule has 1 atom stereocenters. The summed E-state index contributed by atoms with van der Waals surface area (Å²) >= 11 is 1.29. The highest BCUT2D eigenvalue weighted by atomic mass is 32.1. The van der Waals surface area contributed by atoms with Crippen LogP contribution in [0.1, 0.15) is 34.6 Å². The van der Waals surface area contributed by atoms with E-state index in [1.165, 1.54) is 11.3 Å². The summed E-state index contributed by atoms with van der Waals surface area (Å²) in [5, 5.41) is 5.62. The summed E-state index contributed by atoms with van der Waals surface area (Å²) in [5.74, 6) is -1.52. The maximum Gasteiger partial charge on any atom is 0.416 e. The van der Waals surface area contributed by atoms with Crippen LogP contribution in [0.4, 0.5) is 26.3 Å². The van der Waals surface area contributed by atoms with E-state index < -0.39 is 41.8 Å². The Hall–Kier alpha value is -2.36. The summed E-state index contributed by atoms with van der Waals surface area (Å²) in [6, 6.07) is 2.74. The molecule has 0 aliphatic heterocycles. The van der Waals surface area contributed by atoms with Crippen molar-refractivity contribution in [3.8, 4) is 0 Å². The third-order valence-electron chi connectivity index (χ3n) is 3.71. The number of aldehydes is 1. The lowest BCUT2D eigenvalue weighted by molar-refractivity contribution is -0.143. The largest absolute Gasteiger partial charge is 0.416 e. The van der Waals surface area contributed by atoms with E-state index in [0.717, 1.165) is 0 Å². The second kappa shape index (κ2) is 8.12. The third kappa shape index (κ3) is 5.56. The molecule has 0 bridgehead atoms. The van der Waals surface area contributed by atoms with Crippen molar-refractivity contribution in [1.82, 2.24) is 5.32 Å². The van der Waals surface area contributed by atoms with Crippen molar-refractivity contribution in [3.05, 3.63) is 57.3 Å². The van der Waals surface area contributed by atoms with Crippen LogP contribution in [0.15, 0.2) is 35.0 Å². The Kier molecular flexibility index (Phi) is 6.30. The predicted octanol–water partition coefficient (Wildman–Crippen LogP) is 4.77. The minimum atomic E-state index is -4.96. The van der Waals surface area contributed by atoms with Gasteiger partial charge >= 0.3 is 12.4 Å². The first kappa shape index (κ1) is 20.9. The number of carbonyl (C=O) groups is 2. The van der Waals surface area contributed by atoms with E-state index >= 15 is 0 Å². The summed E-state index contributed by atoms with van der Waals surface area (Å²) in [7, 11) is 0. The average molecular weight is 409 g/mol. The van der Waals surface area contributed by atoms with Crippen LogP contribution in [0.25, 0.3) is 0 Å². The SMILES string of the molecule is O=CCC(C(=O)NCc1cc(C(F)(F)F)cc(C(F)(F)F)c1)c1ccsc1. The second-order valence-corrected chi connectivity index (χ2v) is 6.42. The Morgan fingerprint density at radius 1 is 1.07 bits per heavy atom. The molecule has 27 heavy (non-hydrogen) atoms. The molecule has 2 aromatic rings. The summed E-state index contributed by atoms with van der Waals surface area (Å²) in [4.78, 5) is 23.0. The summed E-state index contributed by atoms with van der Waals surface area (Å²) in [6.45, 7) is -0.536. The lowest BCUT2D eigenvalue weighted by Gasteiger charge is -2.16. The Bertz CT molecular complexity index is 766. The fourth-order valence-corrected chi connectivity index (χ4v) is 3.11. The van der Waals surface area contributed by atoms with Crippen molar-refractivity contribution in [2.45, 2.75) is 31.2 Å². The van der Waals surface area contributed by atoms with Gasteiger partial charge in [-0.2, -0.15) is 37.7 Å². The molecule has 0 fully saturated rings. The zero-order valence-electron chi connectivity index (χ0n) is 13.5. The smallest absolute Gasteiger partial charge is 0.351 e. The summed E-state index contributed by atoms with van der Waals surface area (Å²) in [5.41, 5.74) is -2.71. The molecule has 1 heterocycles. The molecule has 0 aliphatic rings.